The number of nitrogens with one attached hydrogen (secondary N) is 1. The number of anilines is 3. The number of halogens is 1. The number of rotatable bonds is 4. The van der Waals surface area contributed by atoms with Crippen LogP contribution in [0.15, 0.2) is 55.1 Å². The Balaban J connectivity index is 1.36. The van der Waals surface area contributed by atoms with Crippen molar-refractivity contribution in [2.45, 2.75) is 0 Å². The third-order valence-electron chi connectivity index (χ3n) is 4.38. The molecule has 28 heavy (non-hydrogen) atoms. The maximum absolute atomic E-state index is 12.3. The highest BCUT2D eigenvalue weighted by Gasteiger charge is 2.20. The molecule has 9 heteroatoms. The van der Waals surface area contributed by atoms with Crippen LogP contribution < -0.4 is 15.1 Å². The molecule has 1 saturated heterocycles. The van der Waals surface area contributed by atoms with Crippen LogP contribution in [0.4, 0.5) is 17.6 Å². The summed E-state index contributed by atoms with van der Waals surface area (Å²) in [6.45, 7) is 3.08. The molecule has 0 saturated carbocycles. The number of carbonyl (C=O) groups is 1. The number of nitrogens with zero attached hydrogens (tertiary/aromatic N) is 6. The summed E-state index contributed by atoms with van der Waals surface area (Å²) in [6.07, 6.45) is 6.56. The molecule has 1 fully saturated rings. The lowest BCUT2D eigenvalue weighted by Gasteiger charge is -2.34. The van der Waals surface area contributed by atoms with Gasteiger partial charge in [0.15, 0.2) is 0 Å². The topological polar surface area (TPSA) is 87.1 Å². The minimum absolute atomic E-state index is 0.278. The third kappa shape index (κ3) is 4.17. The van der Waals surface area contributed by atoms with E-state index in [-0.39, 0.29) is 5.91 Å². The number of benzene rings is 1. The van der Waals surface area contributed by atoms with Crippen molar-refractivity contribution in [1.82, 2.24) is 19.9 Å². The van der Waals surface area contributed by atoms with Crippen LogP contribution in [0, 0.1) is 0 Å². The Kier molecular flexibility index (Phi) is 5.29. The fourth-order valence-electron chi connectivity index (χ4n) is 2.93. The standard InChI is InChI=1S/C19H18ClN7O/c20-15-3-1-4-16(11-15)25-17(28)14-12-23-19(24-13-14)27-9-7-26(8-10-27)18-21-5-2-6-22-18/h1-6,11-13H,7-10H2,(H,25,28). The van der Waals surface area contributed by atoms with Gasteiger partial charge in [-0.2, -0.15) is 0 Å². The number of amides is 1. The first-order valence-electron chi connectivity index (χ1n) is 8.85. The minimum atomic E-state index is -0.278. The van der Waals surface area contributed by atoms with E-state index in [4.69, 9.17) is 11.6 Å². The molecule has 2 aromatic heterocycles. The molecule has 0 spiro atoms. The second kappa shape index (κ2) is 8.18. The highest BCUT2D eigenvalue weighted by atomic mass is 35.5. The first kappa shape index (κ1) is 18.1. The van der Waals surface area contributed by atoms with Crippen molar-refractivity contribution in [2.24, 2.45) is 0 Å². The van der Waals surface area contributed by atoms with Gasteiger partial charge in [-0.05, 0) is 24.3 Å². The summed E-state index contributed by atoms with van der Waals surface area (Å²) in [6, 6.07) is 8.79. The van der Waals surface area contributed by atoms with Gasteiger partial charge in [-0.3, -0.25) is 4.79 Å². The molecule has 1 N–H and O–H groups in total. The minimum Gasteiger partial charge on any atom is -0.337 e. The molecule has 1 amide bonds. The van der Waals surface area contributed by atoms with Crippen molar-refractivity contribution in [3.05, 3.63) is 65.7 Å². The van der Waals surface area contributed by atoms with Crippen LogP contribution in [0.2, 0.25) is 5.02 Å². The van der Waals surface area contributed by atoms with Crippen molar-refractivity contribution in [3.63, 3.8) is 0 Å². The quantitative estimate of drug-likeness (QED) is 0.726. The van der Waals surface area contributed by atoms with Crippen LogP contribution >= 0.6 is 11.6 Å². The molecular weight excluding hydrogens is 378 g/mol. The highest BCUT2D eigenvalue weighted by molar-refractivity contribution is 6.30. The molecule has 3 heterocycles. The molecule has 0 atom stereocenters. The summed E-state index contributed by atoms with van der Waals surface area (Å²) in [5.41, 5.74) is 1.01. The summed E-state index contributed by atoms with van der Waals surface area (Å²) in [5, 5.41) is 3.34. The van der Waals surface area contributed by atoms with Gasteiger partial charge in [0.25, 0.3) is 5.91 Å². The zero-order chi connectivity index (χ0) is 19.3. The molecule has 1 aliphatic rings. The molecule has 0 radical (unpaired) electrons. The van der Waals surface area contributed by atoms with E-state index in [9.17, 15) is 4.79 Å². The van der Waals surface area contributed by atoms with Gasteiger partial charge in [0, 0.05) is 61.7 Å². The number of aromatic nitrogens is 4. The number of hydrogen-bond donors (Lipinski definition) is 1. The second-order valence-corrected chi connectivity index (χ2v) is 6.70. The Morgan fingerprint density at radius 1 is 0.893 bits per heavy atom. The van der Waals surface area contributed by atoms with Crippen LogP contribution in [-0.2, 0) is 0 Å². The summed E-state index contributed by atoms with van der Waals surface area (Å²) in [4.78, 5) is 33.8. The van der Waals surface area contributed by atoms with Crippen molar-refractivity contribution in [1.29, 1.82) is 0 Å². The van der Waals surface area contributed by atoms with Crippen molar-refractivity contribution < 1.29 is 4.79 Å². The zero-order valence-corrected chi connectivity index (χ0v) is 15.8. The molecule has 0 bridgehead atoms. The predicted molar refractivity (Wildman–Crippen MR) is 108 cm³/mol. The van der Waals surface area contributed by atoms with E-state index in [1.54, 1.807) is 42.7 Å². The molecule has 8 nitrogen and oxygen atoms in total. The smallest absolute Gasteiger partial charge is 0.258 e. The van der Waals surface area contributed by atoms with Crippen molar-refractivity contribution in [3.8, 4) is 0 Å². The lowest BCUT2D eigenvalue weighted by Crippen LogP contribution is -2.47. The van der Waals surface area contributed by atoms with Crippen molar-refractivity contribution in [2.75, 3.05) is 41.3 Å². The predicted octanol–water partition coefficient (Wildman–Crippen LogP) is 2.50. The van der Waals surface area contributed by atoms with E-state index < -0.39 is 0 Å². The van der Waals surface area contributed by atoms with Gasteiger partial charge in [0.2, 0.25) is 11.9 Å². The Hall–Kier alpha value is -3.26. The number of carbonyl (C=O) groups excluding carboxylic acids is 1. The summed E-state index contributed by atoms with van der Waals surface area (Å²) in [5.74, 6) is 1.06. The lowest BCUT2D eigenvalue weighted by molar-refractivity contribution is 0.102. The average molecular weight is 396 g/mol. The first-order valence-corrected chi connectivity index (χ1v) is 9.23. The highest BCUT2D eigenvalue weighted by Crippen LogP contribution is 2.17. The van der Waals surface area contributed by atoms with Crippen LogP contribution in [0.25, 0.3) is 0 Å². The zero-order valence-electron chi connectivity index (χ0n) is 15.0. The Morgan fingerprint density at radius 2 is 1.50 bits per heavy atom. The largest absolute Gasteiger partial charge is 0.337 e. The Bertz CT molecular complexity index is 944. The fraction of sp³-hybridized carbons (Fsp3) is 0.211. The first-order chi connectivity index (χ1) is 13.7. The van der Waals surface area contributed by atoms with Crippen LogP contribution in [0.5, 0.6) is 0 Å². The van der Waals surface area contributed by atoms with Gasteiger partial charge in [0.05, 0.1) is 5.56 Å². The summed E-state index contributed by atoms with van der Waals surface area (Å²) < 4.78 is 0. The average Bonchev–Trinajstić information content (AvgIpc) is 2.75. The van der Waals surface area contributed by atoms with Gasteiger partial charge >= 0.3 is 0 Å². The molecule has 142 valence electrons. The molecule has 4 rings (SSSR count). The third-order valence-corrected chi connectivity index (χ3v) is 4.62. The number of piperazine rings is 1. The lowest BCUT2D eigenvalue weighted by atomic mass is 10.2. The Morgan fingerprint density at radius 3 is 2.11 bits per heavy atom. The normalized spacial score (nSPS) is 14.0. The number of hydrogen-bond acceptors (Lipinski definition) is 7. The van der Waals surface area contributed by atoms with Gasteiger partial charge in [-0.1, -0.05) is 17.7 Å². The summed E-state index contributed by atoms with van der Waals surface area (Å²) >= 11 is 5.94. The van der Waals surface area contributed by atoms with E-state index in [0.29, 0.717) is 22.2 Å². The molecule has 3 aromatic rings. The van der Waals surface area contributed by atoms with Gasteiger partial charge in [-0.25, -0.2) is 19.9 Å². The van der Waals surface area contributed by atoms with Gasteiger partial charge in [-0.15, -0.1) is 0 Å². The van der Waals surface area contributed by atoms with Crippen LogP contribution in [0.1, 0.15) is 10.4 Å². The van der Waals surface area contributed by atoms with Gasteiger partial charge in [0.1, 0.15) is 0 Å². The molecule has 1 aromatic carbocycles. The summed E-state index contributed by atoms with van der Waals surface area (Å²) in [7, 11) is 0. The fourth-order valence-corrected chi connectivity index (χ4v) is 3.12. The molecular formula is C19H18ClN7O. The Labute approximate surface area is 167 Å². The monoisotopic (exact) mass is 395 g/mol. The van der Waals surface area contributed by atoms with Crippen molar-refractivity contribution >= 4 is 35.1 Å². The van der Waals surface area contributed by atoms with Crippen LogP contribution in [0.3, 0.4) is 0 Å². The molecule has 1 aliphatic heterocycles. The second-order valence-electron chi connectivity index (χ2n) is 6.26. The van der Waals surface area contributed by atoms with E-state index in [1.165, 1.54) is 12.4 Å². The van der Waals surface area contributed by atoms with E-state index in [0.717, 1.165) is 32.1 Å². The van der Waals surface area contributed by atoms with E-state index in [1.807, 2.05) is 0 Å². The molecule has 0 aliphatic carbocycles. The SMILES string of the molecule is O=C(Nc1cccc(Cl)c1)c1cnc(N2CCN(c3ncccn3)CC2)nc1. The maximum atomic E-state index is 12.3. The van der Waals surface area contributed by atoms with E-state index >= 15 is 0 Å². The van der Waals surface area contributed by atoms with Crippen LogP contribution in [-0.4, -0.2) is 52.0 Å². The van der Waals surface area contributed by atoms with E-state index in [2.05, 4.69) is 35.1 Å². The maximum Gasteiger partial charge on any atom is 0.258 e. The van der Waals surface area contributed by atoms with Gasteiger partial charge < -0.3 is 15.1 Å². The molecule has 0 unspecified atom stereocenters.